The average Bonchev–Trinajstić information content (AvgIpc) is 3.31. The van der Waals surface area contributed by atoms with Crippen molar-refractivity contribution in [3.05, 3.63) is 75.2 Å². The molecule has 1 fully saturated rings. The predicted octanol–water partition coefficient (Wildman–Crippen LogP) is 4.23. The van der Waals surface area contributed by atoms with E-state index in [1.165, 1.54) is 37.4 Å². The lowest BCUT2D eigenvalue weighted by molar-refractivity contribution is -0.132. The summed E-state index contributed by atoms with van der Waals surface area (Å²) < 4.78 is 23.9. The molecular formula is C22H16BrFN2O6. The molecule has 2 aromatic carbocycles. The number of ketones is 1. The van der Waals surface area contributed by atoms with Crippen LogP contribution in [0.15, 0.2) is 57.0 Å². The summed E-state index contributed by atoms with van der Waals surface area (Å²) in [5, 5.41) is 25.0. The minimum Gasteiger partial charge on any atom is -0.507 e. The average molecular weight is 503 g/mol. The quantitative estimate of drug-likeness (QED) is 0.311. The standard InChI is InChI=1S/C22H16BrFN2O6/c1-10-7-16(25-32-10)26-18(12-8-14(23)20(28)15(9-12)31-2)17(21(29)22(26)30)19(27)11-3-5-13(24)6-4-11/h3-9,18,27-28H,1-2H3/b19-17+. The number of phenolic OH excluding ortho intramolecular Hbond substituents is 1. The summed E-state index contributed by atoms with van der Waals surface area (Å²) in [6, 6.07) is 8.12. The molecule has 0 spiro atoms. The smallest absolute Gasteiger partial charge is 0.301 e. The number of carbonyl (C=O) groups is 2. The molecule has 1 aliphatic heterocycles. The molecule has 1 atom stereocenters. The zero-order chi connectivity index (χ0) is 23.2. The predicted molar refractivity (Wildman–Crippen MR) is 115 cm³/mol. The van der Waals surface area contributed by atoms with E-state index < -0.39 is 29.3 Å². The first kappa shape index (κ1) is 21.6. The van der Waals surface area contributed by atoms with E-state index in [4.69, 9.17) is 9.26 Å². The number of Topliss-reactive ketones (excluding diaryl/α,β-unsaturated/α-hetero) is 1. The van der Waals surface area contributed by atoms with Crippen molar-refractivity contribution in [3.8, 4) is 11.5 Å². The van der Waals surface area contributed by atoms with E-state index in [0.717, 1.165) is 17.0 Å². The third-order valence-corrected chi connectivity index (χ3v) is 5.62. The summed E-state index contributed by atoms with van der Waals surface area (Å²) in [5.41, 5.74) is 0.257. The summed E-state index contributed by atoms with van der Waals surface area (Å²) in [6.45, 7) is 1.63. The van der Waals surface area contributed by atoms with Crippen LogP contribution in [0.3, 0.4) is 0 Å². The number of rotatable bonds is 4. The summed E-state index contributed by atoms with van der Waals surface area (Å²) in [4.78, 5) is 27.1. The van der Waals surface area contributed by atoms with Gasteiger partial charge in [0, 0.05) is 11.6 Å². The number of aliphatic hydroxyl groups excluding tert-OH is 1. The second kappa shape index (κ2) is 8.12. The number of phenols is 1. The Labute approximate surface area is 189 Å². The fraction of sp³-hybridized carbons (Fsp3) is 0.136. The maximum absolute atomic E-state index is 13.4. The highest BCUT2D eigenvalue weighted by Gasteiger charge is 2.48. The topological polar surface area (TPSA) is 113 Å². The number of carbonyl (C=O) groups excluding carboxylic acids is 2. The van der Waals surface area contributed by atoms with Crippen molar-refractivity contribution in [1.82, 2.24) is 5.16 Å². The Morgan fingerprint density at radius 1 is 1.22 bits per heavy atom. The van der Waals surface area contributed by atoms with Crippen LogP contribution in [0, 0.1) is 12.7 Å². The fourth-order valence-electron chi connectivity index (χ4n) is 3.52. The SMILES string of the molecule is COc1cc(C2/C(=C(\O)c3ccc(F)cc3)C(=O)C(=O)N2c2cc(C)on2)cc(Br)c1O. The highest BCUT2D eigenvalue weighted by molar-refractivity contribution is 9.10. The molecule has 1 unspecified atom stereocenters. The molecule has 4 rings (SSSR count). The molecule has 3 aromatic rings. The van der Waals surface area contributed by atoms with Gasteiger partial charge in [-0.25, -0.2) is 4.39 Å². The molecule has 0 saturated carbocycles. The summed E-state index contributed by atoms with van der Waals surface area (Å²) in [7, 11) is 1.35. The zero-order valence-electron chi connectivity index (χ0n) is 16.8. The molecule has 1 aliphatic rings. The van der Waals surface area contributed by atoms with Gasteiger partial charge in [-0.15, -0.1) is 0 Å². The van der Waals surface area contributed by atoms with Crippen molar-refractivity contribution < 1.29 is 33.5 Å². The maximum atomic E-state index is 13.4. The Hall–Kier alpha value is -3.66. The van der Waals surface area contributed by atoms with Gasteiger partial charge in [-0.05, 0) is 64.8 Å². The lowest BCUT2D eigenvalue weighted by atomic mass is 9.95. The second-order valence-corrected chi connectivity index (χ2v) is 7.88. The number of hydrogen-bond acceptors (Lipinski definition) is 7. The fourth-order valence-corrected chi connectivity index (χ4v) is 3.98. The Kier molecular flexibility index (Phi) is 5.47. The van der Waals surface area contributed by atoms with Gasteiger partial charge in [-0.3, -0.25) is 14.5 Å². The van der Waals surface area contributed by atoms with Crippen LogP contribution in [-0.2, 0) is 9.59 Å². The summed E-state index contributed by atoms with van der Waals surface area (Å²) in [5.74, 6) is -2.53. The van der Waals surface area contributed by atoms with Crippen LogP contribution in [0.5, 0.6) is 11.5 Å². The molecular weight excluding hydrogens is 487 g/mol. The third kappa shape index (κ3) is 3.52. The van der Waals surface area contributed by atoms with E-state index in [0.29, 0.717) is 11.3 Å². The molecule has 0 bridgehead atoms. The number of halogens is 2. The lowest BCUT2D eigenvalue weighted by Crippen LogP contribution is -2.29. The Morgan fingerprint density at radius 3 is 2.50 bits per heavy atom. The van der Waals surface area contributed by atoms with Gasteiger partial charge in [0.25, 0.3) is 5.78 Å². The first-order chi connectivity index (χ1) is 15.2. The van der Waals surface area contributed by atoms with Crippen LogP contribution in [-0.4, -0.2) is 34.2 Å². The number of methoxy groups -OCH3 is 1. The van der Waals surface area contributed by atoms with E-state index in [-0.39, 0.29) is 32.9 Å². The minimum absolute atomic E-state index is 0.0657. The third-order valence-electron chi connectivity index (χ3n) is 5.01. The number of amides is 1. The second-order valence-electron chi connectivity index (χ2n) is 7.03. The van der Waals surface area contributed by atoms with Crippen molar-refractivity contribution in [2.24, 2.45) is 0 Å². The molecule has 2 heterocycles. The molecule has 8 nitrogen and oxygen atoms in total. The first-order valence-corrected chi connectivity index (χ1v) is 10.1. The minimum atomic E-state index is -1.13. The van der Waals surface area contributed by atoms with Crippen LogP contribution in [0.1, 0.15) is 22.9 Å². The van der Waals surface area contributed by atoms with Gasteiger partial charge in [0.05, 0.1) is 23.2 Å². The van der Waals surface area contributed by atoms with E-state index in [9.17, 15) is 24.2 Å². The van der Waals surface area contributed by atoms with E-state index in [2.05, 4.69) is 21.1 Å². The number of nitrogens with zero attached hydrogens (tertiary/aromatic N) is 2. The molecule has 164 valence electrons. The molecule has 0 aliphatic carbocycles. The Morgan fingerprint density at radius 2 is 1.91 bits per heavy atom. The van der Waals surface area contributed by atoms with E-state index in [1.807, 2.05) is 0 Å². The Bertz CT molecular complexity index is 1270. The number of benzene rings is 2. The summed E-state index contributed by atoms with van der Waals surface area (Å²) in [6.07, 6.45) is 0. The molecule has 1 saturated heterocycles. The van der Waals surface area contributed by atoms with Crippen LogP contribution in [0.4, 0.5) is 10.2 Å². The van der Waals surface area contributed by atoms with Gasteiger partial charge >= 0.3 is 5.91 Å². The normalized spacial score (nSPS) is 17.8. The number of aryl methyl sites for hydroxylation is 1. The molecule has 1 amide bonds. The molecule has 2 N–H and O–H groups in total. The van der Waals surface area contributed by atoms with E-state index in [1.54, 1.807) is 6.92 Å². The summed E-state index contributed by atoms with van der Waals surface area (Å²) >= 11 is 3.23. The highest BCUT2D eigenvalue weighted by Crippen LogP contribution is 2.45. The van der Waals surface area contributed by atoms with Crippen LogP contribution >= 0.6 is 15.9 Å². The van der Waals surface area contributed by atoms with Crippen LogP contribution in [0.2, 0.25) is 0 Å². The number of aliphatic hydroxyl groups is 1. The molecule has 1 aromatic heterocycles. The maximum Gasteiger partial charge on any atom is 0.301 e. The number of anilines is 1. The number of aromatic hydroxyl groups is 1. The van der Waals surface area contributed by atoms with Crippen LogP contribution < -0.4 is 9.64 Å². The van der Waals surface area contributed by atoms with E-state index >= 15 is 0 Å². The lowest BCUT2D eigenvalue weighted by Gasteiger charge is -2.23. The number of ether oxygens (including phenoxy) is 1. The zero-order valence-corrected chi connectivity index (χ0v) is 18.4. The van der Waals surface area contributed by atoms with Crippen molar-refractivity contribution in [2.45, 2.75) is 13.0 Å². The monoisotopic (exact) mass is 502 g/mol. The largest absolute Gasteiger partial charge is 0.507 e. The molecule has 32 heavy (non-hydrogen) atoms. The van der Waals surface area contributed by atoms with Crippen molar-refractivity contribution in [1.29, 1.82) is 0 Å². The van der Waals surface area contributed by atoms with Gasteiger partial charge in [0.15, 0.2) is 17.3 Å². The van der Waals surface area contributed by atoms with Crippen LogP contribution in [0.25, 0.3) is 5.76 Å². The van der Waals surface area contributed by atoms with Crippen molar-refractivity contribution >= 4 is 39.2 Å². The van der Waals surface area contributed by atoms with Gasteiger partial charge in [0.2, 0.25) is 0 Å². The first-order valence-electron chi connectivity index (χ1n) is 9.29. The number of hydrogen-bond donors (Lipinski definition) is 2. The molecule has 10 heteroatoms. The van der Waals surface area contributed by atoms with Gasteiger partial charge in [0.1, 0.15) is 17.3 Å². The Balaban J connectivity index is 1.99. The van der Waals surface area contributed by atoms with Gasteiger partial charge < -0.3 is 19.5 Å². The van der Waals surface area contributed by atoms with Gasteiger partial charge in [-0.1, -0.05) is 5.16 Å². The van der Waals surface area contributed by atoms with Crippen molar-refractivity contribution in [3.63, 3.8) is 0 Å². The number of aromatic nitrogens is 1. The highest BCUT2D eigenvalue weighted by atomic mass is 79.9. The van der Waals surface area contributed by atoms with Crippen molar-refractivity contribution in [2.75, 3.05) is 12.0 Å². The molecule has 0 radical (unpaired) electrons. The van der Waals surface area contributed by atoms with Gasteiger partial charge in [-0.2, -0.15) is 0 Å².